The molecule has 0 fully saturated rings. The second kappa shape index (κ2) is 9.09. The maximum Gasteiger partial charge on any atom is 0.255 e. The lowest BCUT2D eigenvalue weighted by Crippen LogP contribution is -2.37. The highest BCUT2D eigenvalue weighted by atomic mass is 16.6. The summed E-state index contributed by atoms with van der Waals surface area (Å²) in [6.07, 6.45) is 2.82. The van der Waals surface area contributed by atoms with Gasteiger partial charge in [0.15, 0.2) is 24.2 Å². The summed E-state index contributed by atoms with van der Waals surface area (Å²) < 4.78 is 23.1. The van der Waals surface area contributed by atoms with Crippen molar-refractivity contribution in [3.63, 3.8) is 0 Å². The van der Waals surface area contributed by atoms with Gasteiger partial charge in [0.2, 0.25) is 0 Å². The van der Waals surface area contributed by atoms with Crippen molar-refractivity contribution >= 4 is 11.6 Å². The third-order valence-electron chi connectivity index (χ3n) is 5.12. The van der Waals surface area contributed by atoms with E-state index in [0.29, 0.717) is 25.7 Å². The van der Waals surface area contributed by atoms with Crippen LogP contribution in [0.3, 0.4) is 0 Å². The Bertz CT molecular complexity index is 943. The molecule has 1 unspecified atom stereocenters. The van der Waals surface area contributed by atoms with Gasteiger partial charge in [-0.1, -0.05) is 18.2 Å². The van der Waals surface area contributed by atoms with Crippen molar-refractivity contribution < 1.29 is 23.7 Å². The van der Waals surface area contributed by atoms with Crippen LogP contribution in [0.15, 0.2) is 48.5 Å². The molecule has 0 radical (unpaired) electrons. The molecule has 2 N–H and O–H groups in total. The molecule has 0 saturated carbocycles. The van der Waals surface area contributed by atoms with Crippen molar-refractivity contribution in [1.82, 2.24) is 4.90 Å². The molecule has 7 nitrogen and oxygen atoms in total. The lowest BCUT2D eigenvalue weighted by Gasteiger charge is -2.34. The van der Waals surface area contributed by atoms with Crippen LogP contribution in [-0.4, -0.2) is 50.0 Å². The predicted octanol–water partition coefficient (Wildman–Crippen LogP) is 2.58. The van der Waals surface area contributed by atoms with Crippen molar-refractivity contribution in [3.05, 3.63) is 59.7 Å². The maximum atomic E-state index is 10.9. The number of carbonyl (C=O) groups excluding carboxylic acids is 1. The second-order valence-corrected chi connectivity index (χ2v) is 7.26. The fourth-order valence-corrected chi connectivity index (χ4v) is 3.73. The predicted molar refractivity (Wildman–Crippen MR) is 112 cm³/mol. The van der Waals surface area contributed by atoms with Crippen molar-refractivity contribution in [3.8, 4) is 17.2 Å². The molecular weight excluding hydrogens is 384 g/mol. The van der Waals surface area contributed by atoms with E-state index in [0.717, 1.165) is 35.7 Å². The molecule has 2 aromatic carbocycles. The molecule has 1 amide bonds. The third kappa shape index (κ3) is 4.52. The number of primary amides is 1. The van der Waals surface area contributed by atoms with Crippen LogP contribution < -0.4 is 19.9 Å². The summed E-state index contributed by atoms with van der Waals surface area (Å²) in [6.45, 7) is 4.13. The van der Waals surface area contributed by atoms with Crippen molar-refractivity contribution in [2.45, 2.75) is 19.4 Å². The Balaban J connectivity index is 1.33. The largest absolute Gasteiger partial charge is 0.486 e. The van der Waals surface area contributed by atoms with Crippen LogP contribution in [-0.2, 0) is 16.0 Å². The van der Waals surface area contributed by atoms with E-state index >= 15 is 0 Å². The van der Waals surface area contributed by atoms with Gasteiger partial charge >= 0.3 is 0 Å². The van der Waals surface area contributed by atoms with Crippen LogP contribution in [0.1, 0.15) is 18.1 Å². The van der Waals surface area contributed by atoms with E-state index in [-0.39, 0.29) is 12.7 Å². The van der Waals surface area contributed by atoms with Crippen LogP contribution in [0.4, 0.5) is 0 Å². The molecule has 1 atom stereocenters. The van der Waals surface area contributed by atoms with Crippen LogP contribution in [0.25, 0.3) is 5.70 Å². The number of carbonyl (C=O) groups is 1. The van der Waals surface area contributed by atoms with Crippen molar-refractivity contribution in [2.75, 3.05) is 33.1 Å². The number of allylic oxidation sites excluding steroid dienone is 1. The van der Waals surface area contributed by atoms with Gasteiger partial charge < -0.3 is 29.6 Å². The fourth-order valence-electron chi connectivity index (χ4n) is 3.73. The van der Waals surface area contributed by atoms with Crippen molar-refractivity contribution in [1.29, 1.82) is 0 Å². The monoisotopic (exact) mass is 410 g/mol. The lowest BCUT2D eigenvalue weighted by molar-refractivity contribution is -0.119. The Hall–Kier alpha value is -3.19. The Morgan fingerprint density at radius 2 is 2.10 bits per heavy atom. The minimum Gasteiger partial charge on any atom is -0.486 e. The molecule has 2 aromatic rings. The number of benzene rings is 2. The van der Waals surface area contributed by atoms with E-state index in [1.165, 1.54) is 5.56 Å². The molecule has 0 aliphatic carbocycles. The molecule has 0 aromatic heterocycles. The minimum absolute atomic E-state index is 0.118. The second-order valence-electron chi connectivity index (χ2n) is 7.26. The fraction of sp³-hybridized carbons (Fsp3) is 0.348. The number of hydrogen-bond acceptors (Lipinski definition) is 6. The number of amides is 1. The summed E-state index contributed by atoms with van der Waals surface area (Å²) >= 11 is 0. The van der Waals surface area contributed by atoms with Gasteiger partial charge in [0, 0.05) is 17.8 Å². The summed E-state index contributed by atoms with van der Waals surface area (Å²) in [4.78, 5) is 13.1. The smallest absolute Gasteiger partial charge is 0.255 e. The maximum absolute atomic E-state index is 10.9. The first-order chi connectivity index (χ1) is 14.6. The van der Waals surface area contributed by atoms with Gasteiger partial charge in [-0.2, -0.15) is 0 Å². The summed E-state index contributed by atoms with van der Waals surface area (Å²) in [6, 6.07) is 13.5. The van der Waals surface area contributed by atoms with E-state index in [9.17, 15) is 4.79 Å². The number of fused-ring (bicyclic) bond motifs is 2. The Labute approximate surface area is 176 Å². The highest BCUT2D eigenvalue weighted by Crippen LogP contribution is 2.32. The zero-order valence-corrected chi connectivity index (χ0v) is 17.0. The van der Waals surface area contributed by atoms with Gasteiger partial charge in [0.05, 0.1) is 6.61 Å². The van der Waals surface area contributed by atoms with Crippen LogP contribution in [0.2, 0.25) is 0 Å². The van der Waals surface area contributed by atoms with E-state index in [2.05, 4.69) is 11.0 Å². The molecule has 0 saturated heterocycles. The Morgan fingerprint density at radius 1 is 1.27 bits per heavy atom. The van der Waals surface area contributed by atoms with Crippen LogP contribution in [0.5, 0.6) is 17.2 Å². The molecule has 4 rings (SSSR count). The van der Waals surface area contributed by atoms with Crippen molar-refractivity contribution in [2.24, 2.45) is 5.73 Å². The van der Waals surface area contributed by atoms with E-state index < -0.39 is 5.91 Å². The highest BCUT2D eigenvalue weighted by molar-refractivity contribution is 5.75. The molecule has 2 aliphatic heterocycles. The zero-order valence-electron chi connectivity index (χ0n) is 17.0. The Kier molecular flexibility index (Phi) is 6.09. The van der Waals surface area contributed by atoms with Gasteiger partial charge in [-0.3, -0.25) is 4.79 Å². The molecule has 2 heterocycles. The summed E-state index contributed by atoms with van der Waals surface area (Å²) in [5.74, 6) is 1.70. The summed E-state index contributed by atoms with van der Waals surface area (Å²) in [7, 11) is 0. The normalized spacial score (nSPS) is 18.8. The van der Waals surface area contributed by atoms with Crippen LogP contribution in [0, 0.1) is 0 Å². The quantitative estimate of drug-likeness (QED) is 0.756. The molecule has 7 heteroatoms. The minimum atomic E-state index is -0.485. The molecule has 0 spiro atoms. The molecule has 30 heavy (non-hydrogen) atoms. The molecular formula is C23H26N2O5. The number of para-hydroxylation sites is 2. The average molecular weight is 410 g/mol. The number of rotatable bonds is 7. The SMILES string of the molecule is C/C=C1/c2ccc(OCC(N)=O)cc2CCN1COCC1COc2ccccc2O1. The van der Waals surface area contributed by atoms with Gasteiger partial charge in [0.1, 0.15) is 19.1 Å². The van der Waals surface area contributed by atoms with E-state index in [1.54, 1.807) is 0 Å². The number of ether oxygens (including phenoxy) is 4. The topological polar surface area (TPSA) is 83.3 Å². The average Bonchev–Trinajstić information content (AvgIpc) is 2.77. The molecule has 158 valence electrons. The van der Waals surface area contributed by atoms with Gasteiger partial charge in [-0.25, -0.2) is 0 Å². The first-order valence-corrected chi connectivity index (χ1v) is 10.1. The summed E-state index contributed by atoms with van der Waals surface area (Å²) in [5.41, 5.74) is 8.59. The first kappa shape index (κ1) is 20.1. The van der Waals surface area contributed by atoms with E-state index in [1.807, 2.05) is 49.4 Å². The Morgan fingerprint density at radius 3 is 2.90 bits per heavy atom. The van der Waals surface area contributed by atoms with Gasteiger partial charge in [-0.05, 0) is 49.2 Å². The summed E-state index contributed by atoms with van der Waals surface area (Å²) in [5, 5.41) is 0. The standard InChI is InChI=1S/C23H26N2O5/c1-2-20-19-8-7-17(28-14-23(24)26)11-16(19)9-10-25(20)15-27-12-18-13-29-21-5-3-4-6-22(21)30-18/h2-8,11,18H,9-10,12-15H2,1H3,(H2,24,26)/b20-2-. The number of nitrogens with zero attached hydrogens (tertiary/aromatic N) is 1. The molecule has 0 bridgehead atoms. The van der Waals surface area contributed by atoms with Gasteiger partial charge in [-0.15, -0.1) is 0 Å². The lowest BCUT2D eigenvalue weighted by atomic mass is 9.96. The number of hydrogen-bond donors (Lipinski definition) is 1. The number of nitrogens with two attached hydrogens (primary N) is 1. The van der Waals surface area contributed by atoms with Gasteiger partial charge in [0.25, 0.3) is 5.91 Å². The highest BCUT2D eigenvalue weighted by Gasteiger charge is 2.23. The first-order valence-electron chi connectivity index (χ1n) is 10.1. The van der Waals surface area contributed by atoms with Crippen LogP contribution >= 0.6 is 0 Å². The molecule has 2 aliphatic rings. The van der Waals surface area contributed by atoms with E-state index in [4.69, 9.17) is 24.7 Å². The third-order valence-corrected chi connectivity index (χ3v) is 5.12. The zero-order chi connectivity index (χ0) is 20.9.